The van der Waals surface area contributed by atoms with Crippen LogP contribution in [0, 0.1) is 12.4 Å². The summed E-state index contributed by atoms with van der Waals surface area (Å²) in [7, 11) is 2.00. The molecule has 0 aliphatic carbocycles. The quantitative estimate of drug-likeness (QED) is 0.167. The predicted octanol–water partition coefficient (Wildman–Crippen LogP) is 2.78. The largest absolute Gasteiger partial charge is 0.464 e. The van der Waals surface area contributed by atoms with Crippen molar-refractivity contribution in [1.29, 1.82) is 0 Å². The third kappa shape index (κ3) is 2.57. The van der Waals surface area contributed by atoms with Gasteiger partial charge in [-0.05, 0) is 29.1 Å². The Balaban J connectivity index is 0.00000196. The molecule has 2 aliphatic heterocycles. The Bertz CT molecular complexity index is 1500. The molecule has 0 bridgehead atoms. The zero-order chi connectivity index (χ0) is 20.5. The van der Waals surface area contributed by atoms with Gasteiger partial charge in [0.25, 0.3) is 6.71 Å². The van der Waals surface area contributed by atoms with Gasteiger partial charge in [0.1, 0.15) is 28.5 Å². The van der Waals surface area contributed by atoms with Gasteiger partial charge in [-0.25, -0.2) is 0 Å². The van der Waals surface area contributed by atoms with Gasteiger partial charge in [0.2, 0.25) is 6.33 Å². The van der Waals surface area contributed by atoms with Gasteiger partial charge in [-0.2, -0.15) is 30.3 Å². The van der Waals surface area contributed by atoms with E-state index in [9.17, 15) is 0 Å². The number of aryl methyl sites for hydroxylation is 1. The van der Waals surface area contributed by atoms with E-state index in [1.54, 1.807) is 0 Å². The Morgan fingerprint density at radius 3 is 2.25 bits per heavy atom. The summed E-state index contributed by atoms with van der Waals surface area (Å²) >= 11 is 0. The molecule has 0 unspecified atom stereocenters. The summed E-state index contributed by atoms with van der Waals surface area (Å²) in [5.74, 6) is 3.43. The summed E-state index contributed by atoms with van der Waals surface area (Å²) in [6, 6.07) is 29.9. The van der Waals surface area contributed by atoms with Crippen molar-refractivity contribution in [1.82, 2.24) is 4.57 Å². The second kappa shape index (κ2) is 7.09. The minimum atomic E-state index is 0. The molecule has 4 aromatic carbocycles. The summed E-state index contributed by atoms with van der Waals surface area (Å²) in [5.41, 5.74) is 6.27. The number of imidazole rings is 1. The van der Waals surface area contributed by atoms with Gasteiger partial charge in [0.15, 0.2) is 0 Å². The second-order valence-corrected chi connectivity index (χ2v) is 7.94. The zero-order valence-corrected chi connectivity index (χ0v) is 19.5. The molecule has 3 heterocycles. The SMILES string of the molecule is C[n+]1[c-]n(-c2[c-]cccc2)c2cc3c4c(c21)Oc1ccccc1B4c1ccccc1O3.[Ir]. The van der Waals surface area contributed by atoms with E-state index in [0.29, 0.717) is 0 Å². The van der Waals surface area contributed by atoms with E-state index in [1.807, 2.05) is 64.7 Å². The molecule has 4 nitrogen and oxygen atoms in total. The first-order valence-electron chi connectivity index (χ1n) is 10.3. The minimum Gasteiger partial charge on any atom is -0.464 e. The van der Waals surface area contributed by atoms with E-state index in [-0.39, 0.29) is 26.8 Å². The fourth-order valence-corrected chi connectivity index (χ4v) is 4.87. The Hall–Kier alpha value is -3.34. The van der Waals surface area contributed by atoms with E-state index in [4.69, 9.17) is 9.47 Å². The minimum absolute atomic E-state index is 0. The summed E-state index contributed by atoms with van der Waals surface area (Å²) in [6.07, 6.45) is 3.42. The van der Waals surface area contributed by atoms with Crippen LogP contribution in [0.1, 0.15) is 0 Å². The van der Waals surface area contributed by atoms with Gasteiger partial charge >= 0.3 is 0 Å². The maximum Gasteiger partial charge on any atom is 0.259 e. The molecule has 0 saturated carbocycles. The van der Waals surface area contributed by atoms with Crippen LogP contribution in [0.2, 0.25) is 0 Å². The van der Waals surface area contributed by atoms with Gasteiger partial charge < -0.3 is 18.6 Å². The Morgan fingerprint density at radius 2 is 1.53 bits per heavy atom. The molecule has 1 radical (unpaired) electrons. The predicted molar refractivity (Wildman–Crippen MR) is 120 cm³/mol. The zero-order valence-electron chi connectivity index (χ0n) is 17.1. The van der Waals surface area contributed by atoms with Gasteiger partial charge in [0, 0.05) is 25.6 Å². The van der Waals surface area contributed by atoms with Crippen molar-refractivity contribution in [3.05, 3.63) is 91.3 Å². The van der Waals surface area contributed by atoms with E-state index in [1.165, 1.54) is 0 Å². The second-order valence-electron chi connectivity index (χ2n) is 7.94. The molecular formula is C26H16BIrN2O2-. The van der Waals surface area contributed by atoms with Crippen LogP contribution in [0.3, 0.4) is 0 Å². The molecule has 32 heavy (non-hydrogen) atoms. The Morgan fingerprint density at radius 1 is 0.844 bits per heavy atom. The number of hydrogen-bond acceptors (Lipinski definition) is 2. The van der Waals surface area contributed by atoms with Crippen molar-refractivity contribution in [3.63, 3.8) is 0 Å². The van der Waals surface area contributed by atoms with Crippen LogP contribution in [0.15, 0.2) is 78.9 Å². The average Bonchev–Trinajstić information content (AvgIpc) is 3.15. The summed E-state index contributed by atoms with van der Waals surface area (Å²) < 4.78 is 17.0. The fourth-order valence-electron chi connectivity index (χ4n) is 4.87. The van der Waals surface area contributed by atoms with Gasteiger partial charge in [0.05, 0.1) is 12.6 Å². The molecular weight excluding hydrogens is 575 g/mol. The topological polar surface area (TPSA) is 27.3 Å². The van der Waals surface area contributed by atoms with Gasteiger partial charge in [-0.15, -0.1) is 0 Å². The van der Waals surface area contributed by atoms with Crippen LogP contribution in [-0.2, 0) is 27.2 Å². The molecule has 0 N–H and O–H groups in total. The van der Waals surface area contributed by atoms with E-state index < -0.39 is 0 Å². The van der Waals surface area contributed by atoms with Crippen LogP contribution < -0.4 is 30.4 Å². The van der Waals surface area contributed by atoms with Crippen molar-refractivity contribution in [2.45, 2.75) is 0 Å². The standard InChI is InChI=1S/C26H16BN2O2.Ir/c1-28-16-29(17-9-3-2-4-10-17)20-15-23-24-26(25(20)28)31-22-14-8-6-12-19(22)27(24)18-11-5-7-13-21(18)30-23;/h2-9,11-15H,1H3;/q-1;. The number of nitrogens with zero attached hydrogens (tertiary/aromatic N) is 2. The molecule has 1 aromatic heterocycles. The van der Waals surface area contributed by atoms with E-state index in [2.05, 4.69) is 42.7 Å². The maximum atomic E-state index is 6.54. The molecule has 6 heteroatoms. The number of aromatic nitrogens is 2. The van der Waals surface area contributed by atoms with Crippen molar-refractivity contribution >= 4 is 34.1 Å². The van der Waals surface area contributed by atoms with Crippen LogP contribution >= 0.6 is 0 Å². The Kier molecular flexibility index (Phi) is 4.29. The monoisotopic (exact) mass is 592 g/mol. The third-order valence-electron chi connectivity index (χ3n) is 6.18. The first-order chi connectivity index (χ1) is 15.3. The molecule has 2 aliphatic rings. The maximum absolute atomic E-state index is 6.54. The van der Waals surface area contributed by atoms with Gasteiger partial charge in [-0.1, -0.05) is 42.1 Å². The molecule has 0 fully saturated rings. The summed E-state index contributed by atoms with van der Waals surface area (Å²) in [4.78, 5) is 0. The van der Waals surface area contributed by atoms with Crippen LogP contribution in [-0.4, -0.2) is 11.3 Å². The van der Waals surface area contributed by atoms with Crippen LogP contribution in [0.25, 0.3) is 16.7 Å². The first-order valence-corrected chi connectivity index (χ1v) is 10.3. The number of fused-ring (bicyclic) bond motifs is 6. The van der Waals surface area contributed by atoms with Crippen molar-refractivity contribution in [2.24, 2.45) is 7.05 Å². The van der Waals surface area contributed by atoms with Crippen molar-refractivity contribution in [3.8, 4) is 28.7 Å². The number of benzene rings is 4. The van der Waals surface area contributed by atoms with Crippen LogP contribution in [0.5, 0.6) is 23.0 Å². The van der Waals surface area contributed by atoms with Crippen molar-refractivity contribution in [2.75, 3.05) is 0 Å². The first kappa shape index (κ1) is 19.4. The van der Waals surface area contributed by atoms with E-state index in [0.717, 1.165) is 56.1 Å². The number of rotatable bonds is 1. The molecule has 0 amide bonds. The molecule has 155 valence electrons. The fraction of sp³-hybridized carbons (Fsp3) is 0.0385. The van der Waals surface area contributed by atoms with Gasteiger partial charge in [-0.3, -0.25) is 0 Å². The molecule has 5 aromatic rings. The smallest absolute Gasteiger partial charge is 0.259 e. The summed E-state index contributed by atoms with van der Waals surface area (Å²) in [6.45, 7) is 0.0657. The number of hydrogen-bond donors (Lipinski definition) is 0. The summed E-state index contributed by atoms with van der Waals surface area (Å²) in [5, 5.41) is 0. The normalized spacial score (nSPS) is 12.7. The molecule has 0 spiro atoms. The molecule has 0 atom stereocenters. The molecule has 7 rings (SSSR count). The average molecular weight is 591 g/mol. The Labute approximate surface area is 199 Å². The molecule has 0 saturated heterocycles. The number of para-hydroxylation sites is 3. The van der Waals surface area contributed by atoms with Crippen molar-refractivity contribution < 1.29 is 34.1 Å². The number of ether oxygens (including phenoxy) is 2. The third-order valence-corrected chi connectivity index (χ3v) is 6.18. The van der Waals surface area contributed by atoms with E-state index >= 15 is 0 Å². The van der Waals surface area contributed by atoms with Crippen LogP contribution in [0.4, 0.5) is 0 Å².